The third-order valence-electron chi connectivity index (χ3n) is 8.43. The quantitative estimate of drug-likeness (QED) is 0.140. The van der Waals surface area contributed by atoms with Crippen molar-refractivity contribution in [1.29, 1.82) is 0 Å². The SMILES string of the molecule is C1=CN=CC1.CC(C)(C)C.CC(C)(C)C1=NCC=C1.CC(C)(C)c1ccon1.CC(C)(C)c1ccsn1.CC(C)(C)c1ncon1.CC(C)(C)c1ncsn1.CC(C)(C)c1nnco1.CC(C)(C)c1nncs1. The minimum atomic E-state index is -0.0174. The van der Waals surface area contributed by atoms with Gasteiger partial charge in [0.1, 0.15) is 28.1 Å². The van der Waals surface area contributed by atoms with Gasteiger partial charge in [-0.25, -0.2) is 4.98 Å². The molecule has 408 valence electrons. The van der Waals surface area contributed by atoms with Crippen molar-refractivity contribution in [2.75, 3.05) is 6.54 Å². The van der Waals surface area contributed by atoms with Crippen LogP contribution in [0.25, 0.3) is 0 Å². The Kier molecular flexibility index (Phi) is 29.0. The van der Waals surface area contributed by atoms with E-state index in [1.54, 1.807) is 34.8 Å². The molecule has 6 aromatic heterocycles. The number of hydrogen-bond donors (Lipinski definition) is 0. The molecule has 0 saturated carbocycles. The number of allylic oxidation sites excluding steroid dienone is 2. The van der Waals surface area contributed by atoms with Crippen LogP contribution < -0.4 is 0 Å². The van der Waals surface area contributed by atoms with Crippen LogP contribution in [0, 0.1) is 10.8 Å². The summed E-state index contributed by atoms with van der Waals surface area (Å²) in [4.78, 5) is 16.1. The second-order valence-corrected chi connectivity index (χ2v) is 27.7. The maximum absolute atomic E-state index is 4.98. The third kappa shape index (κ3) is 34.2. The van der Waals surface area contributed by atoms with Crippen molar-refractivity contribution >= 4 is 46.3 Å². The normalized spacial score (nSPS) is 13.1. The Balaban J connectivity index is 0.000000804. The molecule has 6 aromatic rings. The van der Waals surface area contributed by atoms with E-state index in [9.17, 15) is 0 Å². The molecule has 8 heterocycles. The highest BCUT2D eigenvalue weighted by Crippen LogP contribution is 2.24. The van der Waals surface area contributed by atoms with Crippen molar-refractivity contribution in [2.45, 2.75) is 212 Å². The van der Waals surface area contributed by atoms with E-state index >= 15 is 0 Å². The lowest BCUT2D eigenvalue weighted by atomic mass is 9.90. The molecule has 18 heteroatoms. The molecule has 0 spiro atoms. The topological polar surface area (TPSA) is 193 Å². The van der Waals surface area contributed by atoms with E-state index in [1.165, 1.54) is 47.3 Å². The Hall–Kier alpha value is -4.94. The molecule has 2 aliphatic rings. The standard InChI is InChI=1S/C8H13N.C7H11NO.C7H11NS.2C6H10N2O.2C6H10N2S.C5H12.C4H5N/c1-8(2,3)7-5-4-6-9-7;2*1-7(2,3)6-4-5-9-8-6;1-6(2,3)5-8-7-4-9-5;1-6(2,3)5-7-4-9-8-5;1-6(2,3)5-8-7-4-9-5;1-6(2,3)5-7-4-9-8-5;1-5(2,3)4;1-2-4-5-3-1/h4-5H,6H2,1-3H3;2*4-5H,1-3H3;4*4H,1-3H3;1-4H3;1,3-4H,2H2. The van der Waals surface area contributed by atoms with Crippen LogP contribution in [0.15, 0.2) is 95.5 Å². The molecule has 0 bridgehead atoms. The van der Waals surface area contributed by atoms with Gasteiger partial charge < -0.3 is 13.5 Å². The molecule has 0 unspecified atom stereocenters. The Morgan fingerprint density at radius 2 is 1.14 bits per heavy atom. The largest absolute Gasteiger partial charge is 0.427 e. The van der Waals surface area contributed by atoms with Crippen LogP contribution in [0.3, 0.4) is 0 Å². The Labute approximate surface area is 452 Å². The lowest BCUT2D eigenvalue weighted by Crippen LogP contribution is -2.16. The van der Waals surface area contributed by atoms with Gasteiger partial charge >= 0.3 is 0 Å². The Morgan fingerprint density at radius 1 is 0.521 bits per heavy atom. The molecule has 0 aliphatic carbocycles. The zero-order chi connectivity index (χ0) is 56.4. The van der Waals surface area contributed by atoms with Crippen molar-refractivity contribution in [2.24, 2.45) is 20.8 Å². The number of rotatable bonds is 0. The van der Waals surface area contributed by atoms with Crippen LogP contribution in [0.2, 0.25) is 0 Å². The first-order valence-electron chi connectivity index (χ1n) is 24.5. The average molecular weight is 1070 g/mol. The lowest BCUT2D eigenvalue weighted by Gasteiger charge is -2.16. The summed E-state index contributed by atoms with van der Waals surface area (Å²) in [6, 6.07) is 3.96. The highest BCUT2D eigenvalue weighted by atomic mass is 32.1. The average Bonchev–Trinajstić information content (AvgIpc) is 4.13. The third-order valence-corrected chi connectivity index (χ3v) is 10.6. The molecule has 0 saturated heterocycles. The summed E-state index contributed by atoms with van der Waals surface area (Å²) in [6.45, 7) is 53.9. The van der Waals surface area contributed by atoms with Crippen molar-refractivity contribution in [3.63, 3.8) is 0 Å². The van der Waals surface area contributed by atoms with E-state index in [1.807, 2.05) is 65.3 Å². The minimum Gasteiger partial charge on any atom is -0.427 e. The van der Waals surface area contributed by atoms with Crippen LogP contribution in [0.4, 0.5) is 0 Å². The van der Waals surface area contributed by atoms with Gasteiger partial charge in [0, 0.05) is 73.9 Å². The predicted molar refractivity (Wildman–Crippen MR) is 308 cm³/mol. The van der Waals surface area contributed by atoms with Crippen LogP contribution in [0.5, 0.6) is 0 Å². The molecular formula is C55H92N12O3S3. The Morgan fingerprint density at radius 3 is 1.34 bits per heavy atom. The summed E-state index contributed by atoms with van der Waals surface area (Å²) < 4.78 is 22.6. The van der Waals surface area contributed by atoms with Gasteiger partial charge in [0.15, 0.2) is 5.82 Å². The van der Waals surface area contributed by atoms with Crippen molar-refractivity contribution in [1.82, 2.24) is 49.4 Å². The fraction of sp³-hybridized carbons (Fsp3) is 0.636. The van der Waals surface area contributed by atoms with E-state index in [0.29, 0.717) is 11.3 Å². The number of hydrogen-bond acceptors (Lipinski definition) is 18. The summed E-state index contributed by atoms with van der Waals surface area (Å²) in [7, 11) is 0. The molecule has 0 atom stereocenters. The maximum atomic E-state index is 4.98. The zero-order valence-corrected chi connectivity index (χ0v) is 51.7. The van der Waals surface area contributed by atoms with Gasteiger partial charge in [-0.15, -0.1) is 31.7 Å². The summed E-state index contributed by atoms with van der Waals surface area (Å²) in [6.07, 6.45) is 15.2. The smallest absolute Gasteiger partial charge is 0.221 e. The van der Waals surface area contributed by atoms with E-state index in [2.05, 4.69) is 214 Å². The summed E-state index contributed by atoms with van der Waals surface area (Å²) >= 11 is 4.53. The van der Waals surface area contributed by atoms with Gasteiger partial charge in [0.25, 0.3) is 0 Å². The van der Waals surface area contributed by atoms with Gasteiger partial charge in [0.2, 0.25) is 18.7 Å². The van der Waals surface area contributed by atoms with E-state index in [4.69, 9.17) is 8.94 Å². The highest BCUT2D eigenvalue weighted by Gasteiger charge is 2.21. The van der Waals surface area contributed by atoms with Gasteiger partial charge in [0.05, 0.1) is 17.9 Å². The predicted octanol–water partition coefficient (Wildman–Crippen LogP) is 15.9. The molecule has 2 aliphatic heterocycles. The van der Waals surface area contributed by atoms with Crippen LogP contribution >= 0.6 is 34.4 Å². The minimum absolute atomic E-state index is 0.00694. The highest BCUT2D eigenvalue weighted by molar-refractivity contribution is 7.09. The van der Waals surface area contributed by atoms with Gasteiger partial charge in [-0.1, -0.05) is 196 Å². The molecule has 0 N–H and O–H groups in total. The van der Waals surface area contributed by atoms with E-state index in [0.717, 1.165) is 35.3 Å². The van der Waals surface area contributed by atoms with Crippen LogP contribution in [-0.4, -0.2) is 67.9 Å². The maximum Gasteiger partial charge on any atom is 0.221 e. The fourth-order valence-corrected chi connectivity index (χ4v) is 6.32. The van der Waals surface area contributed by atoms with E-state index < -0.39 is 0 Å². The number of nitrogens with zero attached hydrogens (tertiary/aromatic N) is 12. The first-order chi connectivity index (χ1) is 33.2. The van der Waals surface area contributed by atoms with Crippen molar-refractivity contribution in [3.8, 4) is 0 Å². The first-order valence-corrected chi connectivity index (χ1v) is 27.1. The fourth-order valence-electron chi connectivity index (χ4n) is 4.36. The molecule has 15 nitrogen and oxygen atoms in total. The van der Waals surface area contributed by atoms with E-state index in [-0.39, 0.29) is 37.9 Å². The van der Waals surface area contributed by atoms with Gasteiger partial charge in [-0.2, -0.15) is 13.7 Å². The van der Waals surface area contributed by atoms with Crippen molar-refractivity contribution < 1.29 is 13.5 Å². The second kappa shape index (κ2) is 31.1. The van der Waals surface area contributed by atoms with Crippen molar-refractivity contribution in [3.05, 3.63) is 106 Å². The molecule has 0 radical (unpaired) electrons. The summed E-state index contributed by atoms with van der Waals surface area (Å²) in [5, 5.41) is 25.7. The van der Waals surface area contributed by atoms with Gasteiger partial charge in [-0.3, -0.25) is 9.98 Å². The number of aliphatic imine (C=N–C) groups is 2. The molecule has 8 rings (SSSR count). The number of aromatic nitrogens is 10. The summed E-state index contributed by atoms with van der Waals surface area (Å²) in [5.41, 5.74) is 8.30. The molecule has 73 heavy (non-hydrogen) atoms. The first kappa shape index (κ1) is 68.1. The molecular weight excluding hydrogens is 973 g/mol. The monoisotopic (exact) mass is 1060 g/mol. The second-order valence-electron chi connectivity index (χ2n) is 25.6. The molecule has 0 aromatic carbocycles. The molecule has 0 amide bonds. The van der Waals surface area contributed by atoms with Crippen LogP contribution in [-0.2, 0) is 32.5 Å². The van der Waals surface area contributed by atoms with Gasteiger partial charge in [-0.05, 0) is 40.6 Å². The lowest BCUT2D eigenvalue weighted by molar-refractivity contribution is 0.392. The van der Waals surface area contributed by atoms with Crippen LogP contribution in [0.1, 0.15) is 213 Å². The zero-order valence-electron chi connectivity index (χ0n) is 49.2. The summed E-state index contributed by atoms with van der Waals surface area (Å²) in [5.74, 6) is 2.37. The molecule has 0 fully saturated rings. The Bertz CT molecular complexity index is 1990.